The lowest BCUT2D eigenvalue weighted by molar-refractivity contribution is 0.251. The molecule has 0 spiro atoms. The Hall–Kier alpha value is -2.30. The van der Waals surface area contributed by atoms with Crippen LogP contribution in [0.3, 0.4) is 0 Å². The molecule has 0 N–H and O–H groups in total. The van der Waals surface area contributed by atoms with E-state index >= 15 is 0 Å². The molecule has 5 heteroatoms. The van der Waals surface area contributed by atoms with Gasteiger partial charge in [-0.05, 0) is 44.2 Å². The van der Waals surface area contributed by atoms with E-state index in [0.29, 0.717) is 17.8 Å². The largest absolute Gasteiger partial charge is 0.450 e. The second-order valence-corrected chi connectivity index (χ2v) is 5.28. The van der Waals surface area contributed by atoms with Gasteiger partial charge >= 0.3 is 11.7 Å². The molecule has 2 heterocycles. The fourth-order valence-corrected chi connectivity index (χ4v) is 3.03. The van der Waals surface area contributed by atoms with Gasteiger partial charge in [-0.2, -0.15) is 4.98 Å². The molecule has 5 nitrogen and oxygen atoms in total. The van der Waals surface area contributed by atoms with Crippen molar-refractivity contribution in [3.63, 3.8) is 0 Å². The van der Waals surface area contributed by atoms with Crippen molar-refractivity contribution in [1.82, 2.24) is 4.98 Å². The number of aromatic nitrogens is 1. The molecule has 108 valence electrons. The normalized spacial score (nSPS) is 14.5. The van der Waals surface area contributed by atoms with Gasteiger partial charge in [0.1, 0.15) is 11.1 Å². The van der Waals surface area contributed by atoms with Crippen LogP contribution in [0.2, 0.25) is 0 Å². The Morgan fingerprint density at radius 1 is 1.14 bits per heavy atom. The zero-order chi connectivity index (χ0) is 14.4. The molecule has 1 aromatic carbocycles. The number of ether oxygens (including phenoxy) is 1. The highest BCUT2D eigenvalue weighted by molar-refractivity contribution is 5.93. The number of rotatable bonds is 2. The minimum Gasteiger partial charge on any atom is -0.450 e. The summed E-state index contributed by atoms with van der Waals surface area (Å²) in [6.07, 6.45) is 4.11. The number of aryl methyl sites for hydroxylation is 1. The van der Waals surface area contributed by atoms with Gasteiger partial charge in [0.15, 0.2) is 5.58 Å². The average Bonchev–Trinajstić information content (AvgIpc) is 2.87. The van der Waals surface area contributed by atoms with Gasteiger partial charge in [-0.3, -0.25) is 0 Å². The molecule has 0 radical (unpaired) electrons. The summed E-state index contributed by atoms with van der Waals surface area (Å²) in [4.78, 5) is 16.4. The van der Waals surface area contributed by atoms with Crippen molar-refractivity contribution < 1.29 is 13.6 Å². The Morgan fingerprint density at radius 3 is 2.76 bits per heavy atom. The highest BCUT2D eigenvalue weighted by Gasteiger charge is 2.19. The third-order valence-electron chi connectivity index (χ3n) is 3.98. The van der Waals surface area contributed by atoms with Gasteiger partial charge in [0.25, 0.3) is 0 Å². The minimum absolute atomic E-state index is 0.221. The quantitative estimate of drug-likeness (QED) is 0.676. The Morgan fingerprint density at radius 2 is 1.95 bits per heavy atom. The summed E-state index contributed by atoms with van der Waals surface area (Å²) in [5.74, 6) is 0. The molecule has 0 aliphatic heterocycles. The molecule has 2 aromatic heterocycles. The van der Waals surface area contributed by atoms with Crippen LogP contribution in [0.4, 0.5) is 0 Å². The summed E-state index contributed by atoms with van der Waals surface area (Å²) < 4.78 is 16.2. The summed E-state index contributed by atoms with van der Waals surface area (Å²) in [6.45, 7) is 2.37. The molecule has 0 saturated heterocycles. The van der Waals surface area contributed by atoms with Crippen molar-refractivity contribution in [2.75, 3.05) is 6.61 Å². The SMILES string of the molecule is CCOc1nc2cc3c4c(c(=O)oc3cc2o1)CCCC4. The fourth-order valence-electron chi connectivity index (χ4n) is 3.03. The Labute approximate surface area is 120 Å². The van der Waals surface area contributed by atoms with Crippen LogP contribution in [0.25, 0.3) is 22.1 Å². The molecule has 0 saturated carbocycles. The molecule has 3 aromatic rings. The number of oxazole rings is 1. The minimum atomic E-state index is -0.221. The standard InChI is InChI=1S/C16H15NO4/c1-2-19-16-17-12-7-11-9-5-3-4-6-10(9)15(18)20-13(11)8-14(12)21-16/h7-8H,2-6H2,1H3. The zero-order valence-electron chi connectivity index (χ0n) is 11.8. The number of nitrogens with zero attached hydrogens (tertiary/aromatic N) is 1. The van der Waals surface area contributed by atoms with Crippen LogP contribution in [0, 0.1) is 0 Å². The first-order chi connectivity index (χ1) is 10.3. The molecule has 0 unspecified atom stereocenters. The van der Waals surface area contributed by atoms with Crippen LogP contribution in [0.15, 0.2) is 25.8 Å². The topological polar surface area (TPSA) is 65.5 Å². The third-order valence-corrected chi connectivity index (χ3v) is 3.98. The van der Waals surface area contributed by atoms with Crippen LogP contribution < -0.4 is 10.4 Å². The van der Waals surface area contributed by atoms with Gasteiger partial charge in [-0.15, -0.1) is 0 Å². The highest BCUT2D eigenvalue weighted by atomic mass is 16.6. The van der Waals surface area contributed by atoms with Crippen LogP contribution in [0.5, 0.6) is 6.08 Å². The summed E-state index contributed by atoms with van der Waals surface area (Å²) >= 11 is 0. The lowest BCUT2D eigenvalue weighted by Gasteiger charge is -2.15. The van der Waals surface area contributed by atoms with E-state index in [1.807, 2.05) is 13.0 Å². The van der Waals surface area contributed by atoms with Crippen molar-refractivity contribution in [2.24, 2.45) is 0 Å². The smallest absolute Gasteiger partial charge is 0.394 e. The maximum Gasteiger partial charge on any atom is 0.394 e. The molecule has 21 heavy (non-hydrogen) atoms. The van der Waals surface area contributed by atoms with E-state index < -0.39 is 0 Å². The molecule has 0 amide bonds. The molecule has 0 bridgehead atoms. The van der Waals surface area contributed by atoms with Crippen molar-refractivity contribution in [1.29, 1.82) is 0 Å². The molecular formula is C16H15NO4. The first-order valence-corrected chi connectivity index (χ1v) is 7.28. The van der Waals surface area contributed by atoms with Crippen molar-refractivity contribution in [2.45, 2.75) is 32.6 Å². The summed E-state index contributed by atoms with van der Waals surface area (Å²) in [6, 6.07) is 3.67. The van der Waals surface area contributed by atoms with Crippen LogP contribution in [0.1, 0.15) is 30.9 Å². The van der Waals surface area contributed by atoms with Gasteiger partial charge in [-0.25, -0.2) is 4.79 Å². The monoisotopic (exact) mass is 285 g/mol. The van der Waals surface area contributed by atoms with E-state index in [1.54, 1.807) is 6.07 Å². The summed E-state index contributed by atoms with van der Waals surface area (Å²) in [7, 11) is 0. The second-order valence-electron chi connectivity index (χ2n) is 5.28. The van der Waals surface area contributed by atoms with E-state index in [9.17, 15) is 4.79 Å². The molecule has 1 aliphatic carbocycles. The fraction of sp³-hybridized carbons (Fsp3) is 0.375. The first kappa shape index (κ1) is 12.4. The lowest BCUT2D eigenvalue weighted by Crippen LogP contribution is -2.15. The van der Waals surface area contributed by atoms with Crippen molar-refractivity contribution in [3.05, 3.63) is 33.7 Å². The average molecular weight is 285 g/mol. The number of fused-ring (bicyclic) bond motifs is 4. The maximum atomic E-state index is 12.1. The predicted molar refractivity (Wildman–Crippen MR) is 77.9 cm³/mol. The van der Waals surface area contributed by atoms with E-state index in [4.69, 9.17) is 13.6 Å². The van der Waals surface area contributed by atoms with E-state index in [2.05, 4.69) is 4.98 Å². The Balaban J connectivity index is 2.02. The predicted octanol–water partition coefficient (Wildman–Crippen LogP) is 3.21. The van der Waals surface area contributed by atoms with Gasteiger partial charge < -0.3 is 13.6 Å². The first-order valence-electron chi connectivity index (χ1n) is 7.28. The molecule has 0 atom stereocenters. The zero-order valence-corrected chi connectivity index (χ0v) is 11.8. The maximum absolute atomic E-state index is 12.1. The van der Waals surface area contributed by atoms with E-state index in [-0.39, 0.29) is 11.7 Å². The van der Waals surface area contributed by atoms with Crippen LogP contribution >= 0.6 is 0 Å². The van der Waals surface area contributed by atoms with E-state index in [1.165, 1.54) is 0 Å². The molecular weight excluding hydrogens is 270 g/mol. The number of hydrogen-bond donors (Lipinski definition) is 0. The highest BCUT2D eigenvalue weighted by Crippen LogP contribution is 2.31. The van der Waals surface area contributed by atoms with Gasteiger partial charge in [0.05, 0.1) is 6.61 Å². The number of benzene rings is 1. The van der Waals surface area contributed by atoms with Crippen molar-refractivity contribution >= 4 is 22.1 Å². The van der Waals surface area contributed by atoms with Crippen molar-refractivity contribution in [3.8, 4) is 6.08 Å². The Kier molecular flexibility index (Phi) is 2.74. The molecule has 0 fully saturated rings. The summed E-state index contributed by atoms with van der Waals surface area (Å²) in [5.41, 5.74) is 3.57. The Bertz CT molecular complexity index is 891. The lowest BCUT2D eigenvalue weighted by atomic mass is 9.90. The summed E-state index contributed by atoms with van der Waals surface area (Å²) in [5, 5.41) is 0.966. The van der Waals surface area contributed by atoms with Crippen LogP contribution in [-0.2, 0) is 12.8 Å². The third kappa shape index (κ3) is 1.92. The second kappa shape index (κ2) is 4.62. The van der Waals surface area contributed by atoms with E-state index in [0.717, 1.165) is 47.7 Å². The molecule has 1 aliphatic rings. The van der Waals surface area contributed by atoms with Crippen LogP contribution in [-0.4, -0.2) is 11.6 Å². The molecule has 4 rings (SSSR count). The number of hydrogen-bond acceptors (Lipinski definition) is 5. The van der Waals surface area contributed by atoms with Gasteiger partial charge in [0.2, 0.25) is 0 Å². The van der Waals surface area contributed by atoms with Gasteiger partial charge in [-0.1, -0.05) is 0 Å². The van der Waals surface area contributed by atoms with Gasteiger partial charge in [0, 0.05) is 17.0 Å².